The Hall–Kier alpha value is -0.920. The zero-order chi connectivity index (χ0) is 10.9. The number of rotatable bonds is 2. The standard InChI is InChI=1S/C12H21NO/c1-6-13-8-7-12(4,5)11(9(13)2)10(3)14/h14H,3,6-8H2,1-2,4-5H3. The van der Waals surface area contributed by atoms with Crippen molar-refractivity contribution in [3.63, 3.8) is 0 Å². The molecule has 14 heavy (non-hydrogen) atoms. The number of hydrogen-bond donors (Lipinski definition) is 1. The van der Waals surface area contributed by atoms with E-state index in [1.165, 1.54) is 5.70 Å². The minimum atomic E-state index is 0.0571. The van der Waals surface area contributed by atoms with Gasteiger partial charge < -0.3 is 10.0 Å². The molecule has 2 nitrogen and oxygen atoms in total. The lowest BCUT2D eigenvalue weighted by atomic mass is 9.76. The molecule has 1 heterocycles. The van der Waals surface area contributed by atoms with Crippen molar-refractivity contribution in [1.82, 2.24) is 4.90 Å². The van der Waals surface area contributed by atoms with Gasteiger partial charge in [0.15, 0.2) is 0 Å². The summed E-state index contributed by atoms with van der Waals surface area (Å²) in [6.07, 6.45) is 1.08. The lowest BCUT2D eigenvalue weighted by molar-refractivity contribution is 0.234. The molecule has 2 heteroatoms. The van der Waals surface area contributed by atoms with E-state index >= 15 is 0 Å². The highest BCUT2D eigenvalue weighted by Gasteiger charge is 2.32. The molecule has 0 spiro atoms. The number of nitrogens with zero attached hydrogens (tertiary/aromatic N) is 1. The van der Waals surface area contributed by atoms with Gasteiger partial charge in [-0.05, 0) is 25.7 Å². The first-order valence-corrected chi connectivity index (χ1v) is 5.24. The maximum atomic E-state index is 9.62. The molecule has 1 aliphatic heterocycles. The van der Waals surface area contributed by atoms with Crippen LogP contribution in [-0.4, -0.2) is 23.1 Å². The van der Waals surface area contributed by atoms with Gasteiger partial charge in [0, 0.05) is 24.4 Å². The summed E-state index contributed by atoms with van der Waals surface area (Å²) >= 11 is 0. The van der Waals surface area contributed by atoms with Crippen molar-refractivity contribution in [1.29, 1.82) is 0 Å². The molecule has 1 aliphatic rings. The van der Waals surface area contributed by atoms with Crippen molar-refractivity contribution in [3.05, 3.63) is 23.6 Å². The molecule has 80 valence electrons. The van der Waals surface area contributed by atoms with Gasteiger partial charge in [0.2, 0.25) is 0 Å². The highest BCUT2D eigenvalue weighted by molar-refractivity contribution is 5.34. The van der Waals surface area contributed by atoms with Gasteiger partial charge in [-0.2, -0.15) is 0 Å². The van der Waals surface area contributed by atoms with Gasteiger partial charge in [0.1, 0.15) is 5.76 Å². The van der Waals surface area contributed by atoms with Crippen LogP contribution in [-0.2, 0) is 0 Å². The Bertz CT molecular complexity index is 276. The van der Waals surface area contributed by atoms with Crippen LogP contribution in [0, 0.1) is 5.41 Å². The summed E-state index contributed by atoms with van der Waals surface area (Å²) in [5.41, 5.74) is 2.25. The summed E-state index contributed by atoms with van der Waals surface area (Å²) in [5, 5.41) is 9.62. The first-order valence-electron chi connectivity index (χ1n) is 5.24. The summed E-state index contributed by atoms with van der Waals surface area (Å²) < 4.78 is 0. The van der Waals surface area contributed by atoms with Crippen LogP contribution in [0.2, 0.25) is 0 Å². The largest absolute Gasteiger partial charge is 0.508 e. The van der Waals surface area contributed by atoms with E-state index in [0.717, 1.165) is 25.1 Å². The first-order chi connectivity index (χ1) is 6.40. The third-order valence-corrected chi connectivity index (χ3v) is 3.19. The van der Waals surface area contributed by atoms with Gasteiger partial charge in [0.05, 0.1) is 0 Å². The molecule has 1 N–H and O–H groups in total. The van der Waals surface area contributed by atoms with Crippen molar-refractivity contribution in [2.24, 2.45) is 5.41 Å². The van der Waals surface area contributed by atoms with Crippen molar-refractivity contribution in [3.8, 4) is 0 Å². The molecule has 0 unspecified atom stereocenters. The van der Waals surface area contributed by atoms with E-state index in [1.807, 2.05) is 0 Å². The number of aliphatic hydroxyl groups excluding tert-OH is 1. The molecule has 0 fully saturated rings. The van der Waals surface area contributed by atoms with E-state index in [0.29, 0.717) is 0 Å². The number of allylic oxidation sites excluding steroid dienone is 2. The molecule has 1 rings (SSSR count). The predicted octanol–water partition coefficient (Wildman–Crippen LogP) is 3.08. The van der Waals surface area contributed by atoms with E-state index < -0.39 is 0 Å². The highest BCUT2D eigenvalue weighted by atomic mass is 16.3. The number of aliphatic hydroxyl groups is 1. The molecule has 0 aromatic carbocycles. The van der Waals surface area contributed by atoms with Crippen LogP contribution in [0.3, 0.4) is 0 Å². The lowest BCUT2D eigenvalue weighted by Gasteiger charge is -2.40. The van der Waals surface area contributed by atoms with Gasteiger partial charge in [-0.25, -0.2) is 0 Å². The minimum absolute atomic E-state index is 0.0571. The topological polar surface area (TPSA) is 23.5 Å². The van der Waals surface area contributed by atoms with Crippen molar-refractivity contribution in [2.45, 2.75) is 34.1 Å². The summed E-state index contributed by atoms with van der Waals surface area (Å²) in [6.45, 7) is 14.3. The molecule has 0 aromatic heterocycles. The first kappa shape index (κ1) is 11.2. The average molecular weight is 195 g/mol. The van der Waals surface area contributed by atoms with Crippen LogP contribution in [0.15, 0.2) is 23.6 Å². The molecule has 0 amide bonds. The number of hydrogen-bond acceptors (Lipinski definition) is 2. The second kappa shape index (κ2) is 3.68. The monoisotopic (exact) mass is 195 g/mol. The molecular weight excluding hydrogens is 174 g/mol. The van der Waals surface area contributed by atoms with E-state index in [4.69, 9.17) is 0 Å². The van der Waals surface area contributed by atoms with E-state index in [1.54, 1.807) is 0 Å². The van der Waals surface area contributed by atoms with Gasteiger partial charge in [-0.15, -0.1) is 0 Å². The predicted molar refractivity (Wildman–Crippen MR) is 60.1 cm³/mol. The maximum absolute atomic E-state index is 9.62. The molecule has 0 aliphatic carbocycles. The fourth-order valence-electron chi connectivity index (χ4n) is 2.35. The Morgan fingerprint density at radius 1 is 1.57 bits per heavy atom. The quantitative estimate of drug-likeness (QED) is 0.684. The molecular formula is C12H21NO. The Morgan fingerprint density at radius 3 is 2.57 bits per heavy atom. The summed E-state index contributed by atoms with van der Waals surface area (Å²) in [6, 6.07) is 0. The second-order valence-electron chi connectivity index (χ2n) is 4.62. The van der Waals surface area contributed by atoms with Gasteiger partial charge >= 0.3 is 0 Å². The molecule has 0 saturated carbocycles. The average Bonchev–Trinajstić information content (AvgIpc) is 2.02. The van der Waals surface area contributed by atoms with E-state index in [9.17, 15) is 5.11 Å². The van der Waals surface area contributed by atoms with Crippen LogP contribution in [0.4, 0.5) is 0 Å². The highest BCUT2D eigenvalue weighted by Crippen LogP contribution is 2.40. The van der Waals surface area contributed by atoms with Crippen LogP contribution in [0.1, 0.15) is 34.1 Å². The van der Waals surface area contributed by atoms with Crippen LogP contribution in [0.5, 0.6) is 0 Å². The molecule has 0 bridgehead atoms. The maximum Gasteiger partial charge on any atom is 0.113 e. The third-order valence-electron chi connectivity index (χ3n) is 3.19. The fraction of sp³-hybridized carbons (Fsp3) is 0.667. The normalized spacial score (nSPS) is 21.3. The Morgan fingerprint density at radius 2 is 2.14 bits per heavy atom. The Labute approximate surface area is 86.9 Å². The van der Waals surface area contributed by atoms with E-state index in [-0.39, 0.29) is 11.2 Å². The molecule has 0 saturated heterocycles. The lowest BCUT2D eigenvalue weighted by Crippen LogP contribution is -2.36. The van der Waals surface area contributed by atoms with Gasteiger partial charge in [-0.3, -0.25) is 0 Å². The zero-order valence-corrected chi connectivity index (χ0v) is 9.72. The van der Waals surface area contributed by atoms with E-state index in [2.05, 4.69) is 39.2 Å². The molecule has 0 radical (unpaired) electrons. The zero-order valence-electron chi connectivity index (χ0n) is 9.72. The third kappa shape index (κ3) is 1.79. The minimum Gasteiger partial charge on any atom is -0.508 e. The fourth-order valence-corrected chi connectivity index (χ4v) is 2.35. The van der Waals surface area contributed by atoms with Crippen molar-refractivity contribution < 1.29 is 5.11 Å². The smallest absolute Gasteiger partial charge is 0.113 e. The van der Waals surface area contributed by atoms with Crippen LogP contribution < -0.4 is 0 Å². The molecule has 0 aromatic rings. The summed E-state index contributed by atoms with van der Waals surface area (Å²) in [5.74, 6) is 0.227. The Kier molecular flexibility index (Phi) is 2.93. The van der Waals surface area contributed by atoms with Crippen molar-refractivity contribution in [2.75, 3.05) is 13.1 Å². The van der Waals surface area contributed by atoms with Crippen LogP contribution >= 0.6 is 0 Å². The van der Waals surface area contributed by atoms with Gasteiger partial charge in [0.25, 0.3) is 0 Å². The Balaban J connectivity index is 3.15. The summed E-state index contributed by atoms with van der Waals surface area (Å²) in [4.78, 5) is 2.29. The van der Waals surface area contributed by atoms with Gasteiger partial charge in [-0.1, -0.05) is 20.4 Å². The SMILES string of the molecule is C=C(O)C1=C(C)N(CC)CCC1(C)C. The molecule has 0 atom stereocenters. The van der Waals surface area contributed by atoms with Crippen molar-refractivity contribution >= 4 is 0 Å². The second-order valence-corrected chi connectivity index (χ2v) is 4.62. The summed E-state index contributed by atoms with van der Waals surface area (Å²) in [7, 11) is 0. The van der Waals surface area contributed by atoms with Crippen LogP contribution in [0.25, 0.3) is 0 Å².